The number of primary amides is 1. The molecule has 5 N–H and O–H groups in total. The molecule has 52 valence electrons. The van der Waals surface area contributed by atoms with Gasteiger partial charge in [0.2, 0.25) is 0 Å². The van der Waals surface area contributed by atoms with Gasteiger partial charge in [-0.3, -0.25) is 4.79 Å². The number of hydrogen-bond donors (Lipinski definition) is 3. The molecule has 0 aliphatic rings. The maximum Gasteiger partial charge on any atom is 0.264 e. The van der Waals surface area contributed by atoms with E-state index in [1.54, 1.807) is 0 Å². The quantitative estimate of drug-likeness (QED) is 0.405. The number of nitrogens with two attached hydrogens (primary N) is 2. The summed E-state index contributed by atoms with van der Waals surface area (Å²) in [5, 5.41) is 2.64. The Balaban J connectivity index is 3.39. The Morgan fingerprint density at radius 1 is 1.67 bits per heavy atom. The lowest BCUT2D eigenvalue weighted by molar-refractivity contribution is -0.114. The highest BCUT2D eigenvalue weighted by Crippen LogP contribution is 1.76. The van der Waals surface area contributed by atoms with E-state index >= 15 is 0 Å². The minimum absolute atomic E-state index is 0.209. The molecule has 0 radical (unpaired) electrons. The van der Waals surface area contributed by atoms with Crippen LogP contribution in [-0.4, -0.2) is 19.0 Å². The molecule has 0 fully saturated rings. The molecule has 9 heavy (non-hydrogen) atoms. The van der Waals surface area contributed by atoms with Crippen molar-refractivity contribution in [2.24, 2.45) is 11.5 Å². The molecule has 0 aliphatic heterocycles. The predicted octanol–water partition coefficient (Wildman–Crippen LogP) is -1.47. The summed E-state index contributed by atoms with van der Waals surface area (Å²) in [5.41, 5.74) is 10.2. The van der Waals surface area contributed by atoms with Crippen molar-refractivity contribution in [1.82, 2.24) is 5.32 Å². The first-order valence-corrected chi connectivity index (χ1v) is 2.61. The second kappa shape index (κ2) is 3.91. The Morgan fingerprint density at radius 3 is 2.56 bits per heavy atom. The molecule has 0 aromatic carbocycles. The van der Waals surface area contributed by atoms with Crippen molar-refractivity contribution in [2.45, 2.75) is 0 Å². The van der Waals surface area contributed by atoms with Crippen molar-refractivity contribution in [3.05, 3.63) is 12.3 Å². The lowest BCUT2D eigenvalue weighted by atomic mass is 10.4. The van der Waals surface area contributed by atoms with Crippen LogP contribution in [0.4, 0.5) is 0 Å². The van der Waals surface area contributed by atoms with Gasteiger partial charge in [-0.25, -0.2) is 0 Å². The fraction of sp³-hybridized carbons (Fsp3) is 0.400. The Labute approximate surface area is 53.9 Å². The van der Waals surface area contributed by atoms with Crippen molar-refractivity contribution >= 4 is 5.91 Å². The Kier molecular flexibility index (Phi) is 3.46. The highest BCUT2D eigenvalue weighted by Gasteiger charge is 1.96. The SMILES string of the molecule is C=C(NCCN)C(N)=O. The van der Waals surface area contributed by atoms with Gasteiger partial charge in [-0.05, 0) is 0 Å². The first-order valence-electron chi connectivity index (χ1n) is 2.61. The molecule has 1 amide bonds. The van der Waals surface area contributed by atoms with E-state index in [0.717, 1.165) is 0 Å². The lowest BCUT2D eigenvalue weighted by Gasteiger charge is -2.01. The van der Waals surface area contributed by atoms with Crippen LogP contribution in [0.2, 0.25) is 0 Å². The first-order chi connectivity index (χ1) is 4.18. The largest absolute Gasteiger partial charge is 0.380 e. The molecule has 4 heteroatoms. The summed E-state index contributed by atoms with van der Waals surface area (Å²) >= 11 is 0. The van der Waals surface area contributed by atoms with Crippen LogP contribution in [0.25, 0.3) is 0 Å². The Hall–Kier alpha value is -1.03. The van der Waals surface area contributed by atoms with Crippen LogP contribution in [0.15, 0.2) is 12.3 Å². The molecule has 0 saturated heterocycles. The van der Waals surface area contributed by atoms with Crippen LogP contribution in [0, 0.1) is 0 Å². The van der Waals surface area contributed by atoms with E-state index in [0.29, 0.717) is 13.1 Å². The third-order valence-electron chi connectivity index (χ3n) is 0.780. The van der Waals surface area contributed by atoms with Crippen LogP contribution in [-0.2, 0) is 4.79 Å². The zero-order valence-electron chi connectivity index (χ0n) is 5.18. The zero-order valence-corrected chi connectivity index (χ0v) is 5.18. The monoisotopic (exact) mass is 129 g/mol. The zero-order chi connectivity index (χ0) is 7.28. The van der Waals surface area contributed by atoms with Gasteiger partial charge >= 0.3 is 0 Å². The van der Waals surface area contributed by atoms with Crippen LogP contribution in [0.3, 0.4) is 0 Å². The maximum absolute atomic E-state index is 10.2. The lowest BCUT2D eigenvalue weighted by Crippen LogP contribution is -2.29. The van der Waals surface area contributed by atoms with E-state index in [1.165, 1.54) is 0 Å². The number of rotatable bonds is 4. The molecule has 0 spiro atoms. The number of nitrogens with one attached hydrogen (secondary N) is 1. The predicted molar refractivity (Wildman–Crippen MR) is 35.4 cm³/mol. The van der Waals surface area contributed by atoms with Gasteiger partial charge in [0.1, 0.15) is 0 Å². The molecule has 0 aromatic heterocycles. The second-order valence-corrected chi connectivity index (χ2v) is 1.56. The molecule has 4 nitrogen and oxygen atoms in total. The van der Waals surface area contributed by atoms with Crippen LogP contribution in [0.1, 0.15) is 0 Å². The number of carbonyl (C=O) groups excluding carboxylic acids is 1. The molecule has 0 aliphatic carbocycles. The molecule has 0 rings (SSSR count). The summed E-state index contributed by atoms with van der Waals surface area (Å²) < 4.78 is 0. The minimum Gasteiger partial charge on any atom is -0.380 e. The first kappa shape index (κ1) is 7.97. The molecule has 0 aromatic rings. The molecule has 0 bridgehead atoms. The van der Waals surface area contributed by atoms with Crippen molar-refractivity contribution in [3.8, 4) is 0 Å². The van der Waals surface area contributed by atoms with E-state index in [1.807, 2.05) is 0 Å². The number of amides is 1. The smallest absolute Gasteiger partial charge is 0.264 e. The third-order valence-corrected chi connectivity index (χ3v) is 0.780. The molecule has 0 heterocycles. The molecular formula is C5H11N3O. The molecule has 0 unspecified atom stereocenters. The number of hydrogen-bond acceptors (Lipinski definition) is 3. The third kappa shape index (κ3) is 3.54. The molecule has 0 atom stereocenters. The van der Waals surface area contributed by atoms with Crippen molar-refractivity contribution in [2.75, 3.05) is 13.1 Å². The van der Waals surface area contributed by atoms with E-state index < -0.39 is 5.91 Å². The summed E-state index contributed by atoms with van der Waals surface area (Å²) in [5.74, 6) is -0.538. The average Bonchev–Trinajstić information content (AvgIpc) is 1.82. The Bertz CT molecular complexity index is 121. The summed E-state index contributed by atoms with van der Waals surface area (Å²) in [7, 11) is 0. The highest BCUT2D eigenvalue weighted by atomic mass is 16.1. The standard InChI is InChI=1S/C5H11N3O/c1-4(5(7)9)8-3-2-6/h8H,1-3,6H2,(H2,7,9). The van der Waals surface area contributed by atoms with Gasteiger partial charge in [-0.1, -0.05) is 6.58 Å². The number of carbonyl (C=O) groups is 1. The van der Waals surface area contributed by atoms with Crippen LogP contribution in [0.5, 0.6) is 0 Å². The van der Waals surface area contributed by atoms with E-state index in [2.05, 4.69) is 11.9 Å². The fourth-order valence-electron chi connectivity index (χ4n) is 0.310. The van der Waals surface area contributed by atoms with Gasteiger partial charge in [0.25, 0.3) is 5.91 Å². The van der Waals surface area contributed by atoms with Gasteiger partial charge in [0.15, 0.2) is 0 Å². The van der Waals surface area contributed by atoms with Gasteiger partial charge in [-0.2, -0.15) is 0 Å². The second-order valence-electron chi connectivity index (χ2n) is 1.56. The van der Waals surface area contributed by atoms with Crippen LogP contribution >= 0.6 is 0 Å². The fourth-order valence-corrected chi connectivity index (χ4v) is 0.310. The normalized spacial score (nSPS) is 8.56. The highest BCUT2D eigenvalue weighted by molar-refractivity contribution is 5.90. The maximum atomic E-state index is 10.2. The molecule has 0 saturated carbocycles. The topological polar surface area (TPSA) is 81.1 Å². The summed E-state index contributed by atoms with van der Waals surface area (Å²) in [6.45, 7) is 4.34. The van der Waals surface area contributed by atoms with Crippen molar-refractivity contribution < 1.29 is 4.79 Å². The van der Waals surface area contributed by atoms with Crippen molar-refractivity contribution in [3.63, 3.8) is 0 Å². The van der Waals surface area contributed by atoms with Gasteiger partial charge in [-0.15, -0.1) is 0 Å². The summed E-state index contributed by atoms with van der Waals surface area (Å²) in [4.78, 5) is 10.2. The van der Waals surface area contributed by atoms with E-state index in [4.69, 9.17) is 11.5 Å². The summed E-state index contributed by atoms with van der Waals surface area (Å²) in [6.07, 6.45) is 0. The van der Waals surface area contributed by atoms with E-state index in [-0.39, 0.29) is 5.70 Å². The molecular weight excluding hydrogens is 118 g/mol. The van der Waals surface area contributed by atoms with E-state index in [9.17, 15) is 4.79 Å². The average molecular weight is 129 g/mol. The Morgan fingerprint density at radius 2 is 2.22 bits per heavy atom. The van der Waals surface area contributed by atoms with Gasteiger partial charge in [0, 0.05) is 13.1 Å². The minimum atomic E-state index is -0.538. The van der Waals surface area contributed by atoms with Gasteiger partial charge < -0.3 is 16.8 Å². The van der Waals surface area contributed by atoms with Crippen molar-refractivity contribution in [1.29, 1.82) is 0 Å². The summed E-state index contributed by atoms with van der Waals surface area (Å²) in [6, 6.07) is 0. The van der Waals surface area contributed by atoms with Gasteiger partial charge in [0.05, 0.1) is 5.70 Å². The van der Waals surface area contributed by atoms with Crippen LogP contribution < -0.4 is 16.8 Å².